The SMILES string of the molecule is Cn1c(-c2cccc(Oc3cccc(-n4c5ccccc5c5c6c(cnc54)Oc4ccccc4C6(C)C)c3)c2)nc2ccccc21. The smallest absolute Gasteiger partial charge is 0.150 e. The van der Waals surface area contributed by atoms with Crippen molar-refractivity contribution in [2.75, 3.05) is 0 Å². The predicted molar refractivity (Wildman–Crippen MR) is 183 cm³/mol. The first kappa shape index (κ1) is 26.5. The van der Waals surface area contributed by atoms with E-state index in [2.05, 4.69) is 83.6 Å². The van der Waals surface area contributed by atoms with Crippen molar-refractivity contribution in [3.05, 3.63) is 139 Å². The highest BCUT2D eigenvalue weighted by molar-refractivity contribution is 6.11. The number of benzene rings is 5. The number of aromatic nitrogens is 4. The van der Waals surface area contributed by atoms with Crippen LogP contribution < -0.4 is 9.47 Å². The molecule has 3 aromatic heterocycles. The van der Waals surface area contributed by atoms with Crippen LogP contribution in [0.25, 0.3) is 50.0 Å². The highest BCUT2D eigenvalue weighted by Crippen LogP contribution is 2.51. The van der Waals surface area contributed by atoms with Gasteiger partial charge in [0.15, 0.2) is 5.75 Å². The van der Waals surface area contributed by atoms with Crippen LogP contribution in [-0.2, 0) is 12.5 Å². The molecule has 9 rings (SSSR count). The van der Waals surface area contributed by atoms with Crippen molar-refractivity contribution >= 4 is 33.0 Å². The second-order valence-corrected chi connectivity index (χ2v) is 12.4. The minimum atomic E-state index is -0.282. The molecule has 1 aliphatic rings. The second-order valence-electron chi connectivity index (χ2n) is 12.4. The fourth-order valence-electron chi connectivity index (χ4n) is 7.11. The van der Waals surface area contributed by atoms with Crippen molar-refractivity contribution in [1.82, 2.24) is 19.1 Å². The first-order chi connectivity index (χ1) is 22.5. The molecule has 8 aromatic rings. The zero-order valence-electron chi connectivity index (χ0n) is 25.7. The molecule has 0 saturated heterocycles. The Hall–Kier alpha value is -5.88. The van der Waals surface area contributed by atoms with Crippen LogP contribution in [-0.4, -0.2) is 19.1 Å². The Morgan fingerprint density at radius 3 is 2.33 bits per heavy atom. The van der Waals surface area contributed by atoms with E-state index < -0.39 is 0 Å². The molecule has 0 fully saturated rings. The number of nitrogens with zero attached hydrogens (tertiary/aromatic N) is 4. The van der Waals surface area contributed by atoms with Crippen molar-refractivity contribution in [3.63, 3.8) is 0 Å². The van der Waals surface area contributed by atoms with Crippen molar-refractivity contribution in [3.8, 4) is 40.1 Å². The van der Waals surface area contributed by atoms with Crippen LogP contribution in [0, 0.1) is 0 Å². The molecule has 6 heteroatoms. The van der Waals surface area contributed by atoms with Crippen molar-refractivity contribution in [2.45, 2.75) is 19.3 Å². The zero-order valence-corrected chi connectivity index (χ0v) is 25.7. The average Bonchev–Trinajstić information content (AvgIpc) is 3.60. The van der Waals surface area contributed by atoms with Crippen molar-refractivity contribution < 1.29 is 9.47 Å². The van der Waals surface area contributed by atoms with Crippen LogP contribution in [0.3, 0.4) is 0 Å². The van der Waals surface area contributed by atoms with Gasteiger partial charge in [0.1, 0.15) is 28.7 Å². The molecule has 5 aromatic carbocycles. The van der Waals surface area contributed by atoms with Crippen molar-refractivity contribution in [1.29, 1.82) is 0 Å². The number of pyridine rings is 1. The molecule has 0 N–H and O–H groups in total. The Morgan fingerprint density at radius 2 is 1.46 bits per heavy atom. The average molecular weight is 599 g/mol. The standard InChI is InChI=1S/C40H30N4O2/c1-40(2)30-17-5-9-21-34(30)46-35-24-41-39-36(37(35)40)29-16-4-7-19-32(29)44(39)26-13-11-15-28(23-26)45-27-14-10-12-25(22-27)38-42-31-18-6-8-20-33(31)43(38)3/h4-24H,1-3H3. The van der Waals surface area contributed by atoms with Crippen LogP contribution in [0.2, 0.25) is 0 Å². The van der Waals surface area contributed by atoms with E-state index in [1.54, 1.807) is 0 Å². The Morgan fingerprint density at radius 1 is 0.717 bits per heavy atom. The Labute approximate surface area is 266 Å². The minimum Gasteiger partial charge on any atom is -0.457 e. The van der Waals surface area contributed by atoms with Crippen LogP contribution >= 0.6 is 0 Å². The molecule has 0 radical (unpaired) electrons. The van der Waals surface area contributed by atoms with Gasteiger partial charge in [-0.3, -0.25) is 4.57 Å². The summed E-state index contributed by atoms with van der Waals surface area (Å²) >= 11 is 0. The van der Waals surface area contributed by atoms with Gasteiger partial charge in [-0.25, -0.2) is 9.97 Å². The highest BCUT2D eigenvalue weighted by Gasteiger charge is 2.37. The lowest BCUT2D eigenvalue weighted by atomic mass is 9.74. The van der Waals surface area contributed by atoms with E-state index in [9.17, 15) is 0 Å². The predicted octanol–water partition coefficient (Wildman–Crippen LogP) is 9.96. The Bertz CT molecular complexity index is 2490. The summed E-state index contributed by atoms with van der Waals surface area (Å²) in [5.41, 5.74) is 8.03. The maximum atomic E-state index is 6.49. The normalized spacial score (nSPS) is 13.5. The maximum Gasteiger partial charge on any atom is 0.150 e. The van der Waals surface area contributed by atoms with Gasteiger partial charge in [-0.2, -0.15) is 0 Å². The topological polar surface area (TPSA) is 54.1 Å². The number of hydrogen-bond donors (Lipinski definition) is 0. The first-order valence-corrected chi connectivity index (χ1v) is 15.5. The summed E-state index contributed by atoms with van der Waals surface area (Å²) in [4.78, 5) is 9.90. The molecule has 0 atom stereocenters. The number of ether oxygens (including phenoxy) is 2. The molecule has 0 unspecified atom stereocenters. The van der Waals surface area contributed by atoms with Gasteiger partial charge in [-0.15, -0.1) is 0 Å². The fourth-order valence-corrected chi connectivity index (χ4v) is 7.11. The summed E-state index contributed by atoms with van der Waals surface area (Å²) in [6.07, 6.45) is 1.87. The van der Waals surface area contributed by atoms with E-state index >= 15 is 0 Å². The lowest BCUT2D eigenvalue weighted by Gasteiger charge is -2.34. The molecule has 1 aliphatic heterocycles. The van der Waals surface area contributed by atoms with Gasteiger partial charge in [0, 0.05) is 46.0 Å². The van der Waals surface area contributed by atoms with E-state index in [-0.39, 0.29) is 5.41 Å². The van der Waals surface area contributed by atoms with Gasteiger partial charge in [-0.1, -0.05) is 80.6 Å². The fraction of sp³-hybridized carbons (Fsp3) is 0.100. The summed E-state index contributed by atoms with van der Waals surface area (Å²) in [6.45, 7) is 4.55. The Balaban J connectivity index is 1.15. The number of imidazole rings is 1. The highest BCUT2D eigenvalue weighted by atomic mass is 16.5. The van der Waals surface area contributed by atoms with Gasteiger partial charge in [0.05, 0.1) is 28.4 Å². The number of fused-ring (bicyclic) bond motifs is 7. The van der Waals surface area contributed by atoms with Crippen LogP contribution in [0.4, 0.5) is 0 Å². The van der Waals surface area contributed by atoms with Crippen LogP contribution in [0.5, 0.6) is 23.0 Å². The summed E-state index contributed by atoms with van der Waals surface area (Å²) < 4.78 is 17.3. The van der Waals surface area contributed by atoms with Gasteiger partial charge in [0.25, 0.3) is 0 Å². The molecular formula is C40H30N4O2. The number of hydrogen-bond acceptors (Lipinski definition) is 4. The molecule has 4 heterocycles. The summed E-state index contributed by atoms with van der Waals surface area (Å²) in [5, 5.41) is 2.24. The van der Waals surface area contributed by atoms with E-state index in [0.717, 1.165) is 78.6 Å². The second kappa shape index (κ2) is 9.81. The third-order valence-electron chi connectivity index (χ3n) is 9.25. The third kappa shape index (κ3) is 3.90. The molecule has 0 aliphatic carbocycles. The van der Waals surface area contributed by atoms with E-state index in [4.69, 9.17) is 19.4 Å². The largest absolute Gasteiger partial charge is 0.457 e. The molecule has 0 saturated carbocycles. The minimum absolute atomic E-state index is 0.282. The third-order valence-corrected chi connectivity index (χ3v) is 9.25. The zero-order chi connectivity index (χ0) is 31.0. The number of aryl methyl sites for hydroxylation is 1. The van der Waals surface area contributed by atoms with Gasteiger partial charge < -0.3 is 14.0 Å². The van der Waals surface area contributed by atoms with Crippen LogP contribution in [0.15, 0.2) is 128 Å². The van der Waals surface area contributed by atoms with Gasteiger partial charge in [-0.05, 0) is 48.5 Å². The van der Waals surface area contributed by atoms with Gasteiger partial charge >= 0.3 is 0 Å². The summed E-state index contributed by atoms with van der Waals surface area (Å²) in [6, 6.07) is 41.3. The van der Waals surface area contributed by atoms with Crippen LogP contribution in [0.1, 0.15) is 25.0 Å². The molecule has 0 bridgehead atoms. The number of para-hydroxylation sites is 4. The van der Waals surface area contributed by atoms with Gasteiger partial charge in [0.2, 0.25) is 0 Å². The summed E-state index contributed by atoms with van der Waals surface area (Å²) in [7, 11) is 2.05. The molecule has 0 amide bonds. The quantitative estimate of drug-likeness (QED) is 0.202. The molecule has 46 heavy (non-hydrogen) atoms. The first-order valence-electron chi connectivity index (χ1n) is 15.5. The summed E-state index contributed by atoms with van der Waals surface area (Å²) in [5.74, 6) is 4.07. The molecule has 222 valence electrons. The molecular weight excluding hydrogens is 568 g/mol. The Kier molecular flexibility index (Phi) is 5.66. The lowest BCUT2D eigenvalue weighted by Crippen LogP contribution is -2.24. The molecule has 0 spiro atoms. The van der Waals surface area contributed by atoms with Crippen molar-refractivity contribution in [2.24, 2.45) is 7.05 Å². The lowest BCUT2D eigenvalue weighted by molar-refractivity contribution is 0.419. The molecule has 6 nitrogen and oxygen atoms in total. The number of rotatable bonds is 4. The van der Waals surface area contributed by atoms with E-state index in [1.165, 1.54) is 5.56 Å². The monoisotopic (exact) mass is 598 g/mol. The maximum absolute atomic E-state index is 6.49. The van der Waals surface area contributed by atoms with E-state index in [1.807, 2.05) is 73.9 Å². The van der Waals surface area contributed by atoms with E-state index in [0.29, 0.717) is 0 Å².